The lowest BCUT2D eigenvalue weighted by molar-refractivity contribution is 0.0730. The Bertz CT molecular complexity index is 1160. The van der Waals surface area contributed by atoms with Gasteiger partial charge in [0.1, 0.15) is 0 Å². The van der Waals surface area contributed by atoms with Gasteiger partial charge in [-0.15, -0.1) is 22.7 Å². The van der Waals surface area contributed by atoms with Gasteiger partial charge >= 0.3 is 0 Å². The van der Waals surface area contributed by atoms with Crippen molar-refractivity contribution >= 4 is 38.4 Å². The molecule has 0 saturated carbocycles. The molecule has 3 aromatic rings. The van der Waals surface area contributed by atoms with Crippen LogP contribution in [-0.4, -0.2) is 57.3 Å². The minimum Gasteiger partial charge on any atom is -0.383 e. The summed E-state index contributed by atoms with van der Waals surface area (Å²) in [6.07, 6.45) is 0. The number of hydrogen-bond acceptors (Lipinski definition) is 7. The summed E-state index contributed by atoms with van der Waals surface area (Å²) < 4.78 is 40.0. The molecule has 31 heavy (non-hydrogen) atoms. The van der Waals surface area contributed by atoms with E-state index < -0.39 is 10.0 Å². The van der Waals surface area contributed by atoms with Gasteiger partial charge < -0.3 is 14.0 Å². The molecule has 3 heterocycles. The third-order valence-electron chi connectivity index (χ3n) is 5.03. The van der Waals surface area contributed by atoms with Gasteiger partial charge in [0.25, 0.3) is 0 Å². The Kier molecular flexibility index (Phi) is 7.05. The molecule has 1 saturated heterocycles. The third-order valence-corrected chi connectivity index (χ3v) is 8.68. The van der Waals surface area contributed by atoms with Crippen molar-refractivity contribution in [1.29, 1.82) is 0 Å². The monoisotopic (exact) mass is 479 g/mol. The van der Waals surface area contributed by atoms with Gasteiger partial charge in [-0.1, -0.05) is 6.07 Å². The van der Waals surface area contributed by atoms with Crippen LogP contribution < -0.4 is 4.80 Å². The summed E-state index contributed by atoms with van der Waals surface area (Å²) in [4.78, 5) is 7.11. The molecule has 0 spiro atoms. The van der Waals surface area contributed by atoms with Gasteiger partial charge in [-0.3, -0.25) is 0 Å². The molecule has 0 N–H and O–H groups in total. The maximum absolute atomic E-state index is 12.8. The highest BCUT2D eigenvalue weighted by molar-refractivity contribution is 7.89. The van der Waals surface area contributed by atoms with Gasteiger partial charge in [-0.25, -0.2) is 13.4 Å². The van der Waals surface area contributed by atoms with Crippen LogP contribution in [0, 0.1) is 0 Å². The van der Waals surface area contributed by atoms with Gasteiger partial charge in [-0.2, -0.15) is 4.31 Å². The number of morpholine rings is 1. The predicted octanol–water partition coefficient (Wildman–Crippen LogP) is 3.74. The maximum Gasteiger partial charge on any atom is 0.243 e. The number of aromatic nitrogens is 1. The molecule has 1 atom stereocenters. The SMILES string of the molecule is COCC(C)n1c(-c2cccs2)csc1=Nc1ccc(S(=O)(=O)N2CCOCC2)cc1. The molecular formula is C21H25N3O4S3. The second-order valence-corrected chi connectivity index (χ2v) is 10.9. The number of thiophene rings is 1. The van der Waals surface area contributed by atoms with Gasteiger partial charge in [-0.05, 0) is 42.6 Å². The number of rotatable bonds is 7. The molecule has 7 nitrogen and oxygen atoms in total. The number of nitrogens with zero attached hydrogens (tertiary/aromatic N) is 3. The molecule has 4 rings (SSSR count). The summed E-state index contributed by atoms with van der Waals surface area (Å²) in [5.41, 5.74) is 1.81. The van der Waals surface area contributed by atoms with E-state index in [-0.39, 0.29) is 10.9 Å². The molecule has 0 bridgehead atoms. The largest absolute Gasteiger partial charge is 0.383 e. The van der Waals surface area contributed by atoms with Crippen LogP contribution >= 0.6 is 22.7 Å². The molecule has 1 fully saturated rings. The zero-order valence-corrected chi connectivity index (χ0v) is 19.9. The molecule has 0 amide bonds. The standard InChI is InChI=1S/C21H25N3O4S3/c1-16(14-27-2)24-19(20-4-3-13-29-20)15-30-21(24)22-17-5-7-18(8-6-17)31(25,26)23-9-11-28-12-10-23/h3-8,13,15-16H,9-12,14H2,1-2H3. The van der Waals surface area contributed by atoms with E-state index in [1.165, 1.54) is 9.18 Å². The Morgan fingerprint density at radius 1 is 1.16 bits per heavy atom. The second-order valence-electron chi connectivity index (χ2n) is 7.18. The number of sulfonamides is 1. The fraction of sp³-hybridized carbons (Fsp3) is 0.381. The number of benzene rings is 1. The van der Waals surface area contributed by atoms with Crippen molar-refractivity contribution in [2.75, 3.05) is 40.0 Å². The summed E-state index contributed by atoms with van der Waals surface area (Å²) in [7, 11) is -1.82. The first-order chi connectivity index (χ1) is 15.0. The summed E-state index contributed by atoms with van der Waals surface area (Å²) >= 11 is 3.25. The van der Waals surface area contributed by atoms with Crippen molar-refractivity contribution in [2.45, 2.75) is 17.9 Å². The second kappa shape index (κ2) is 9.76. The van der Waals surface area contributed by atoms with Crippen molar-refractivity contribution in [2.24, 2.45) is 4.99 Å². The Hall–Kier alpha value is -1.82. The van der Waals surface area contributed by atoms with Crippen molar-refractivity contribution in [3.63, 3.8) is 0 Å². The van der Waals surface area contributed by atoms with Crippen LogP contribution in [0.3, 0.4) is 0 Å². The van der Waals surface area contributed by atoms with Gasteiger partial charge in [0.15, 0.2) is 4.80 Å². The van der Waals surface area contributed by atoms with Crippen LogP contribution in [0.2, 0.25) is 0 Å². The Labute approximate surface area is 190 Å². The molecular weight excluding hydrogens is 454 g/mol. The maximum atomic E-state index is 12.8. The number of methoxy groups -OCH3 is 1. The average molecular weight is 480 g/mol. The van der Waals surface area contributed by atoms with Crippen LogP contribution in [-0.2, 0) is 19.5 Å². The number of thiazole rings is 1. The van der Waals surface area contributed by atoms with Crippen molar-refractivity contribution in [3.05, 3.63) is 52.0 Å². The molecule has 10 heteroatoms. The van der Waals surface area contributed by atoms with E-state index in [1.54, 1.807) is 54.0 Å². The number of ether oxygens (including phenoxy) is 2. The Balaban J connectivity index is 1.67. The lowest BCUT2D eigenvalue weighted by atomic mass is 10.3. The molecule has 0 aliphatic carbocycles. The third kappa shape index (κ3) is 4.84. The summed E-state index contributed by atoms with van der Waals surface area (Å²) in [6, 6.07) is 11.0. The fourth-order valence-electron chi connectivity index (χ4n) is 3.49. The lowest BCUT2D eigenvalue weighted by Crippen LogP contribution is -2.40. The molecule has 2 aromatic heterocycles. The van der Waals surface area contributed by atoms with Crippen molar-refractivity contribution in [3.8, 4) is 10.6 Å². The van der Waals surface area contributed by atoms with Gasteiger partial charge in [0, 0.05) is 25.6 Å². The summed E-state index contributed by atoms with van der Waals surface area (Å²) in [6.45, 7) is 4.29. The summed E-state index contributed by atoms with van der Waals surface area (Å²) in [5, 5.41) is 4.16. The zero-order chi connectivity index (χ0) is 21.8. The average Bonchev–Trinajstić information content (AvgIpc) is 3.45. The van der Waals surface area contributed by atoms with Crippen LogP contribution in [0.1, 0.15) is 13.0 Å². The smallest absolute Gasteiger partial charge is 0.243 e. The normalized spacial score (nSPS) is 17.2. The molecule has 0 radical (unpaired) electrons. The van der Waals surface area contributed by atoms with E-state index in [0.29, 0.717) is 38.6 Å². The highest BCUT2D eigenvalue weighted by Crippen LogP contribution is 2.28. The van der Waals surface area contributed by atoms with Crippen molar-refractivity contribution < 1.29 is 17.9 Å². The first kappa shape index (κ1) is 22.4. The van der Waals surface area contributed by atoms with Crippen LogP contribution in [0.4, 0.5) is 5.69 Å². The minimum atomic E-state index is -3.51. The lowest BCUT2D eigenvalue weighted by Gasteiger charge is -2.26. The van der Waals surface area contributed by atoms with Gasteiger partial charge in [0.2, 0.25) is 10.0 Å². The molecule has 1 aliphatic rings. The van der Waals surface area contributed by atoms with E-state index in [4.69, 9.17) is 14.5 Å². The molecule has 1 unspecified atom stereocenters. The molecule has 1 aliphatic heterocycles. The van der Waals surface area contributed by atoms with Crippen LogP contribution in [0.25, 0.3) is 10.6 Å². The highest BCUT2D eigenvalue weighted by atomic mass is 32.2. The van der Waals surface area contributed by atoms with E-state index in [1.807, 2.05) is 6.07 Å². The quantitative estimate of drug-likeness (QED) is 0.518. The van der Waals surface area contributed by atoms with Gasteiger partial charge in [0.05, 0.1) is 47.0 Å². The molecule has 166 valence electrons. The first-order valence-electron chi connectivity index (χ1n) is 9.96. The minimum absolute atomic E-state index is 0.105. The fourth-order valence-corrected chi connectivity index (χ4v) is 6.72. The first-order valence-corrected chi connectivity index (χ1v) is 13.2. The number of hydrogen-bond donors (Lipinski definition) is 0. The molecule has 1 aromatic carbocycles. The van der Waals surface area contributed by atoms with E-state index in [0.717, 1.165) is 10.5 Å². The van der Waals surface area contributed by atoms with Crippen LogP contribution in [0.15, 0.2) is 57.0 Å². The van der Waals surface area contributed by atoms with E-state index in [2.05, 4.69) is 28.3 Å². The Morgan fingerprint density at radius 3 is 2.55 bits per heavy atom. The summed E-state index contributed by atoms with van der Waals surface area (Å²) in [5.74, 6) is 0. The predicted molar refractivity (Wildman–Crippen MR) is 123 cm³/mol. The topological polar surface area (TPSA) is 73.1 Å². The van der Waals surface area contributed by atoms with Crippen LogP contribution in [0.5, 0.6) is 0 Å². The van der Waals surface area contributed by atoms with Crippen molar-refractivity contribution in [1.82, 2.24) is 8.87 Å². The highest BCUT2D eigenvalue weighted by Gasteiger charge is 2.26. The zero-order valence-electron chi connectivity index (χ0n) is 17.4. The van der Waals surface area contributed by atoms with E-state index >= 15 is 0 Å². The Morgan fingerprint density at radius 2 is 1.90 bits per heavy atom. The van der Waals surface area contributed by atoms with E-state index in [9.17, 15) is 8.42 Å².